The Labute approximate surface area is 643 Å². The number of furan rings is 2. The van der Waals surface area contributed by atoms with Crippen LogP contribution in [0.5, 0.6) is 11.5 Å². The number of nitrogens with one attached hydrogen (secondary N) is 3. The molecule has 0 spiro atoms. The van der Waals surface area contributed by atoms with Crippen molar-refractivity contribution in [1.29, 1.82) is 0 Å². The highest BCUT2D eigenvalue weighted by Crippen LogP contribution is 2.41. The second-order valence-electron chi connectivity index (χ2n) is 27.5. The predicted octanol–water partition coefficient (Wildman–Crippen LogP) is 25.2. The van der Waals surface area contributed by atoms with Gasteiger partial charge in [-0.2, -0.15) is 0 Å². The Morgan fingerprint density at radius 1 is 0.450 bits per heavy atom. The molecule has 0 unspecified atom stereocenters. The number of aromatic amines is 3. The molecule has 20 heteroatoms. The predicted molar refractivity (Wildman–Crippen MR) is 427 cm³/mol. The van der Waals surface area contributed by atoms with Crippen LogP contribution >= 0.6 is 11.6 Å². The number of halogens is 7. The van der Waals surface area contributed by atoms with Crippen LogP contribution in [-0.4, -0.2) is 57.5 Å². The first-order chi connectivity index (χ1) is 53.5. The van der Waals surface area contributed by atoms with Crippen LogP contribution in [0.4, 0.5) is 26.3 Å². The van der Waals surface area contributed by atoms with Crippen molar-refractivity contribution in [3.8, 4) is 114 Å². The lowest BCUT2D eigenvalue weighted by Crippen LogP contribution is -2.17. The molecule has 8 aromatic carbocycles. The minimum absolute atomic E-state index is 0.173. The summed E-state index contributed by atoms with van der Waals surface area (Å²) in [4.78, 5) is 28.3. The summed E-state index contributed by atoms with van der Waals surface area (Å²) in [6.07, 6.45) is -3.29. The van der Waals surface area contributed by atoms with Crippen molar-refractivity contribution in [3.05, 3.63) is 322 Å². The average Bonchev–Trinajstić information content (AvgIpc) is 1.66. The summed E-state index contributed by atoms with van der Waals surface area (Å²) >= 11 is 6.25. The van der Waals surface area contributed by atoms with Crippen LogP contribution in [0, 0.1) is 34.6 Å². The van der Waals surface area contributed by atoms with E-state index in [0.29, 0.717) is 39.9 Å². The third-order valence-electron chi connectivity index (χ3n) is 19.5. The first-order valence-corrected chi connectivity index (χ1v) is 36.7. The van der Waals surface area contributed by atoms with Crippen molar-refractivity contribution in [2.45, 2.75) is 99.7 Å². The molecule has 3 N–H and O–H groups in total. The fourth-order valence-electron chi connectivity index (χ4n) is 14.1. The molecular weight excluding hydrogens is 1430 g/mol. The Bertz CT molecular complexity index is 5820. The summed E-state index contributed by atoms with van der Waals surface area (Å²) in [7, 11) is 0. The molecule has 17 rings (SSSR count). The molecule has 2 aliphatic rings. The molecule has 0 amide bonds. The molecule has 111 heavy (non-hydrogen) atoms. The fourth-order valence-corrected chi connectivity index (χ4v) is 14.4. The molecule has 0 saturated carbocycles. The minimum Gasteiger partial charge on any atom is -0.453 e. The van der Waals surface area contributed by atoms with Gasteiger partial charge in [-0.15, -0.1) is 26.3 Å². The number of aryl methyl sites for hydroxylation is 5. The van der Waals surface area contributed by atoms with E-state index >= 15 is 0 Å². The summed E-state index contributed by atoms with van der Waals surface area (Å²) in [6.45, 7) is 17.5. The van der Waals surface area contributed by atoms with Crippen molar-refractivity contribution in [2.75, 3.05) is 0 Å². The maximum absolute atomic E-state index is 12.6. The lowest BCUT2D eigenvalue weighted by molar-refractivity contribution is -0.275. The number of hydrogen-bond donors (Lipinski definition) is 3. The van der Waals surface area contributed by atoms with E-state index in [1.807, 2.05) is 66.7 Å². The monoisotopic (exact) mass is 1510 g/mol. The number of imidazole rings is 3. The van der Waals surface area contributed by atoms with E-state index in [1.165, 1.54) is 134 Å². The molecule has 8 heterocycles. The number of para-hydroxylation sites is 2. The molecule has 0 bridgehead atoms. The van der Waals surface area contributed by atoms with E-state index in [-0.39, 0.29) is 34.1 Å². The number of aliphatic imine (C=N–C) groups is 1. The number of H-pyrrole nitrogens is 3. The molecule has 560 valence electrons. The van der Waals surface area contributed by atoms with E-state index in [0.717, 1.165) is 51.7 Å². The standard InChI is InChI=1S/C26H28N2.C25H25N3.C20H12ClF3N2O2.C20H13F3N2O2/c1-17(2)21-11-13-23(14-12-21)28-19(4)16-24(20(28)5)25-15-18(3)26(27-25)22-9-7-6-8-10-22;1-16-14-23(25-26-17(2)24(27-25)20-8-5-4-6-9-20)18(3)28(16)22-13-12-19-10-7-11-21(19)15-22;21-18-17(12-6-2-1-3-7-12)25-19(26-18)16-11-10-14(27-16)13-8-4-5-9-15(13)28-20(22,23)24;21-20(22,23)27-17-9-5-4-8-14(17)16-10-11-18(26-16)19-24-12-15(25-19)13-6-2-1-3-7-13/h6-14,16-17H,15H2,1-5H3;4-6,8-9,12-15H,7,10-11H2,1-3H3,(H,26,27);1-11H,(H,25,26);1-12H,(H,24,25). The number of ether oxygens (including phenoxy) is 2. The van der Waals surface area contributed by atoms with Crippen molar-refractivity contribution in [1.82, 2.24) is 39.0 Å². The van der Waals surface area contributed by atoms with Gasteiger partial charge in [0.05, 0.1) is 40.1 Å². The van der Waals surface area contributed by atoms with Gasteiger partial charge in [-0.05, 0) is 179 Å². The van der Waals surface area contributed by atoms with E-state index < -0.39 is 12.7 Å². The van der Waals surface area contributed by atoms with Gasteiger partial charge in [0, 0.05) is 74.1 Å². The maximum atomic E-state index is 12.6. The van der Waals surface area contributed by atoms with E-state index in [4.69, 9.17) is 30.4 Å². The van der Waals surface area contributed by atoms with E-state index in [1.54, 1.807) is 42.6 Å². The topological polar surface area (TPSA) is 153 Å². The number of benzene rings is 8. The molecule has 7 aromatic heterocycles. The van der Waals surface area contributed by atoms with Gasteiger partial charge in [0.1, 0.15) is 39.7 Å². The summed E-state index contributed by atoms with van der Waals surface area (Å²) in [5.41, 5.74) is 25.9. The Morgan fingerprint density at radius 3 is 1.50 bits per heavy atom. The molecule has 0 radical (unpaired) electrons. The quantitative estimate of drug-likeness (QED) is 0.0864. The van der Waals surface area contributed by atoms with Gasteiger partial charge < -0.3 is 42.4 Å². The molecule has 1 aliphatic carbocycles. The second kappa shape index (κ2) is 32.3. The Morgan fingerprint density at radius 2 is 0.928 bits per heavy atom. The number of aromatic nitrogens is 8. The van der Waals surface area contributed by atoms with Gasteiger partial charge in [-0.1, -0.05) is 189 Å². The molecule has 0 fully saturated rings. The number of fused-ring (bicyclic) bond motifs is 1. The maximum Gasteiger partial charge on any atom is 0.573 e. The zero-order chi connectivity index (χ0) is 77.7. The van der Waals surface area contributed by atoms with E-state index in [2.05, 4.69) is 208 Å². The molecular formula is C91H78ClF6N9O4. The first kappa shape index (κ1) is 75.2. The summed E-state index contributed by atoms with van der Waals surface area (Å²) < 4.78 is 100. The SMILES string of the molecule is CC1=C(c2ccccc2)N=C(c2cc(C)n(-c3ccc(C(C)C)cc3)c2C)C1.Cc1[nH]c(-c2cc(C)n(-c3ccc4c(c3)CCC4)c2C)nc1-c1ccccc1.FC(F)(F)Oc1ccccc1-c1ccc(-c2nc(-c3ccccc3)c(Cl)[nH]2)o1.FC(F)(F)Oc1ccccc1-c1ccc(-c2ncc(-c3ccccc3)[nH]2)o1. The normalized spacial score (nSPS) is 12.6. The lowest BCUT2D eigenvalue weighted by Gasteiger charge is -2.12. The molecule has 0 saturated heterocycles. The van der Waals surface area contributed by atoms with Crippen LogP contribution in [0.15, 0.2) is 274 Å². The highest BCUT2D eigenvalue weighted by atomic mass is 35.5. The van der Waals surface area contributed by atoms with Gasteiger partial charge in [0.2, 0.25) is 0 Å². The summed E-state index contributed by atoms with van der Waals surface area (Å²) in [6, 6.07) is 78.2. The number of hydrogen-bond acceptors (Lipinski definition) is 8. The number of alkyl halides is 6. The molecule has 0 atom stereocenters. The highest BCUT2D eigenvalue weighted by molar-refractivity contribution is 6.32. The Hall–Kier alpha value is -12.6. The van der Waals surface area contributed by atoms with Gasteiger partial charge in [-0.25, -0.2) is 15.0 Å². The minimum atomic E-state index is -4.80. The van der Waals surface area contributed by atoms with Crippen molar-refractivity contribution in [2.24, 2.45) is 4.99 Å². The van der Waals surface area contributed by atoms with Crippen LogP contribution in [-0.2, 0) is 12.8 Å². The number of nitrogens with zero attached hydrogens (tertiary/aromatic N) is 6. The molecule has 1 aliphatic heterocycles. The zero-order valence-electron chi connectivity index (χ0n) is 62.1. The zero-order valence-corrected chi connectivity index (χ0v) is 62.9. The summed E-state index contributed by atoms with van der Waals surface area (Å²) in [5, 5.41) is 0.333. The highest BCUT2D eigenvalue weighted by Gasteiger charge is 2.34. The van der Waals surface area contributed by atoms with Crippen LogP contribution in [0.25, 0.3) is 108 Å². The van der Waals surface area contributed by atoms with Crippen molar-refractivity contribution < 1.29 is 44.7 Å². The molecule has 13 nitrogen and oxygen atoms in total. The fraction of sp³-hybridized carbons (Fsp3) is 0.165. The lowest BCUT2D eigenvalue weighted by atomic mass is 10.0. The van der Waals surface area contributed by atoms with Gasteiger partial charge in [-0.3, -0.25) is 4.99 Å². The average molecular weight is 1510 g/mol. The van der Waals surface area contributed by atoms with Gasteiger partial charge >= 0.3 is 12.7 Å². The van der Waals surface area contributed by atoms with Gasteiger partial charge in [0.25, 0.3) is 0 Å². The number of rotatable bonds is 15. The van der Waals surface area contributed by atoms with Crippen LogP contribution in [0.1, 0.15) is 95.8 Å². The summed E-state index contributed by atoms with van der Waals surface area (Å²) in [5.74, 6) is 2.87. The van der Waals surface area contributed by atoms with E-state index in [9.17, 15) is 26.3 Å². The third-order valence-corrected chi connectivity index (χ3v) is 19.7. The third kappa shape index (κ3) is 17.1. The van der Waals surface area contributed by atoms with Crippen LogP contribution in [0.2, 0.25) is 5.15 Å². The van der Waals surface area contributed by atoms with Crippen LogP contribution in [0.3, 0.4) is 0 Å². The first-order valence-electron chi connectivity index (χ1n) is 36.4. The number of allylic oxidation sites excluding steroid dienone is 1. The van der Waals surface area contributed by atoms with Crippen molar-refractivity contribution >= 4 is 23.0 Å². The Kier molecular flexibility index (Phi) is 21.9. The Balaban J connectivity index is 0.000000123. The van der Waals surface area contributed by atoms with Crippen LogP contribution < -0.4 is 9.47 Å². The van der Waals surface area contributed by atoms with Gasteiger partial charge in [0.15, 0.2) is 23.2 Å². The molecule has 15 aromatic rings. The smallest absolute Gasteiger partial charge is 0.453 e. The second-order valence-corrected chi connectivity index (χ2v) is 27.9. The largest absolute Gasteiger partial charge is 0.573 e. The van der Waals surface area contributed by atoms with Crippen molar-refractivity contribution in [3.63, 3.8) is 0 Å².